The van der Waals surface area contributed by atoms with Crippen LogP contribution in [0.1, 0.15) is 27.2 Å². The summed E-state index contributed by atoms with van der Waals surface area (Å²) >= 11 is 5.82. The first-order valence-electron chi connectivity index (χ1n) is 5.85. The Labute approximate surface area is 105 Å². The predicted molar refractivity (Wildman–Crippen MR) is 69.9 cm³/mol. The highest BCUT2D eigenvalue weighted by molar-refractivity contribution is 6.19. The third-order valence-electron chi connectivity index (χ3n) is 2.62. The van der Waals surface area contributed by atoms with Gasteiger partial charge in [0, 0.05) is 19.0 Å². The van der Waals surface area contributed by atoms with Gasteiger partial charge < -0.3 is 9.80 Å². The number of alkyl halides is 1. The van der Waals surface area contributed by atoms with Crippen LogP contribution < -0.4 is 0 Å². The van der Waals surface area contributed by atoms with Crippen LogP contribution in [0.2, 0.25) is 0 Å². The van der Waals surface area contributed by atoms with Crippen LogP contribution in [0.5, 0.6) is 0 Å². The van der Waals surface area contributed by atoms with Crippen LogP contribution in [-0.4, -0.2) is 55.3 Å². The summed E-state index contributed by atoms with van der Waals surface area (Å²) in [6, 6.07) is 0. The average molecular weight is 249 g/mol. The molecule has 0 aromatic heterocycles. The van der Waals surface area contributed by atoms with E-state index in [0.29, 0.717) is 5.88 Å². The van der Waals surface area contributed by atoms with Crippen molar-refractivity contribution >= 4 is 17.5 Å². The molecule has 0 fully saturated rings. The van der Waals surface area contributed by atoms with Crippen molar-refractivity contribution in [2.24, 2.45) is 5.41 Å². The molecule has 96 valence electrons. The zero-order valence-electron chi connectivity index (χ0n) is 11.2. The van der Waals surface area contributed by atoms with Crippen molar-refractivity contribution in [1.29, 1.82) is 0 Å². The first-order chi connectivity index (χ1) is 7.35. The number of nitrogens with zero attached hydrogens (tertiary/aromatic N) is 2. The molecule has 0 heterocycles. The summed E-state index contributed by atoms with van der Waals surface area (Å²) in [6.45, 7) is 8.39. The third-order valence-corrected chi connectivity index (χ3v) is 3.28. The molecule has 0 radical (unpaired) electrons. The summed E-state index contributed by atoms with van der Waals surface area (Å²) < 4.78 is 0. The number of halogens is 1. The second kappa shape index (κ2) is 7.13. The van der Waals surface area contributed by atoms with Gasteiger partial charge in [0.2, 0.25) is 5.91 Å². The van der Waals surface area contributed by atoms with Crippen LogP contribution in [-0.2, 0) is 4.79 Å². The maximum absolute atomic E-state index is 12.1. The molecule has 0 N–H and O–H groups in total. The minimum atomic E-state index is -0.449. The smallest absolute Gasteiger partial charge is 0.229 e. The molecule has 0 bridgehead atoms. The number of hydrogen-bond donors (Lipinski definition) is 0. The van der Waals surface area contributed by atoms with Crippen molar-refractivity contribution in [3.63, 3.8) is 0 Å². The van der Waals surface area contributed by atoms with Crippen LogP contribution in [0.25, 0.3) is 0 Å². The highest BCUT2D eigenvalue weighted by atomic mass is 35.5. The zero-order valence-corrected chi connectivity index (χ0v) is 12.0. The van der Waals surface area contributed by atoms with E-state index in [-0.39, 0.29) is 5.91 Å². The van der Waals surface area contributed by atoms with Gasteiger partial charge in [-0.2, -0.15) is 0 Å². The van der Waals surface area contributed by atoms with E-state index in [1.54, 1.807) is 0 Å². The number of rotatable bonds is 7. The first-order valence-corrected chi connectivity index (χ1v) is 6.38. The Morgan fingerprint density at radius 3 is 2.19 bits per heavy atom. The van der Waals surface area contributed by atoms with Crippen LogP contribution in [0.15, 0.2) is 0 Å². The molecule has 0 aromatic rings. The van der Waals surface area contributed by atoms with Crippen LogP contribution >= 0.6 is 11.6 Å². The monoisotopic (exact) mass is 248 g/mol. The van der Waals surface area contributed by atoms with Gasteiger partial charge in [0.25, 0.3) is 0 Å². The molecule has 1 amide bonds. The molecule has 4 heteroatoms. The largest absolute Gasteiger partial charge is 0.342 e. The van der Waals surface area contributed by atoms with E-state index in [1.807, 2.05) is 39.8 Å². The van der Waals surface area contributed by atoms with E-state index in [9.17, 15) is 4.79 Å². The second-order valence-electron chi connectivity index (χ2n) is 5.06. The summed E-state index contributed by atoms with van der Waals surface area (Å²) in [5, 5.41) is 0. The quantitative estimate of drug-likeness (QED) is 0.644. The highest BCUT2D eigenvalue weighted by Gasteiger charge is 2.30. The molecule has 0 rings (SSSR count). The Bertz CT molecular complexity index is 217. The van der Waals surface area contributed by atoms with Gasteiger partial charge in [-0.05, 0) is 47.8 Å². The van der Waals surface area contributed by atoms with E-state index in [2.05, 4.69) is 4.90 Å². The van der Waals surface area contributed by atoms with Crippen molar-refractivity contribution in [1.82, 2.24) is 9.80 Å². The molecule has 0 saturated carbocycles. The van der Waals surface area contributed by atoms with Gasteiger partial charge in [-0.25, -0.2) is 0 Å². The molecule has 0 unspecified atom stereocenters. The van der Waals surface area contributed by atoms with Gasteiger partial charge in [-0.15, -0.1) is 11.6 Å². The Morgan fingerprint density at radius 2 is 1.81 bits per heavy atom. The van der Waals surface area contributed by atoms with Gasteiger partial charge in [0.05, 0.1) is 5.41 Å². The van der Waals surface area contributed by atoms with Crippen LogP contribution in [0.3, 0.4) is 0 Å². The fourth-order valence-electron chi connectivity index (χ4n) is 1.47. The summed E-state index contributed by atoms with van der Waals surface area (Å²) in [5.41, 5.74) is -0.449. The van der Waals surface area contributed by atoms with Crippen LogP contribution in [0.4, 0.5) is 0 Å². The Hall–Kier alpha value is -0.280. The number of hydrogen-bond acceptors (Lipinski definition) is 2. The van der Waals surface area contributed by atoms with Gasteiger partial charge in [0.1, 0.15) is 0 Å². The third kappa shape index (κ3) is 5.17. The molecule has 0 aliphatic rings. The minimum Gasteiger partial charge on any atom is -0.342 e. The zero-order chi connectivity index (χ0) is 12.8. The van der Waals surface area contributed by atoms with Crippen LogP contribution in [0, 0.1) is 5.41 Å². The summed E-state index contributed by atoms with van der Waals surface area (Å²) in [5.74, 6) is 0.527. The van der Waals surface area contributed by atoms with Crippen molar-refractivity contribution in [2.45, 2.75) is 27.2 Å². The molecule has 16 heavy (non-hydrogen) atoms. The van der Waals surface area contributed by atoms with Gasteiger partial charge in [-0.1, -0.05) is 0 Å². The van der Waals surface area contributed by atoms with E-state index in [1.165, 1.54) is 0 Å². The Balaban J connectivity index is 4.23. The SMILES string of the molecule is CCN(CCCN(C)C)C(=O)C(C)(C)CCl. The molecular weight excluding hydrogens is 224 g/mol. The molecule has 0 atom stereocenters. The molecule has 0 aromatic carbocycles. The summed E-state index contributed by atoms with van der Waals surface area (Å²) in [4.78, 5) is 16.2. The van der Waals surface area contributed by atoms with Crippen molar-refractivity contribution in [3.8, 4) is 0 Å². The van der Waals surface area contributed by atoms with Gasteiger partial charge in [-0.3, -0.25) is 4.79 Å². The standard InChI is InChI=1S/C12H25ClN2O/c1-6-15(9-7-8-14(4)5)11(16)12(2,3)10-13/h6-10H2,1-5H3. The Morgan fingerprint density at radius 1 is 1.25 bits per heavy atom. The minimum absolute atomic E-state index is 0.156. The van der Waals surface area contributed by atoms with Gasteiger partial charge in [0.15, 0.2) is 0 Å². The molecule has 0 saturated heterocycles. The second-order valence-corrected chi connectivity index (χ2v) is 5.33. The topological polar surface area (TPSA) is 23.6 Å². The fourth-order valence-corrected chi connectivity index (χ4v) is 1.58. The average Bonchev–Trinajstić information content (AvgIpc) is 2.23. The van der Waals surface area contributed by atoms with Crippen molar-refractivity contribution in [2.75, 3.05) is 39.6 Å². The predicted octanol–water partition coefficient (Wildman–Crippen LogP) is 2.05. The molecule has 0 aliphatic carbocycles. The lowest BCUT2D eigenvalue weighted by Crippen LogP contribution is -2.42. The van der Waals surface area contributed by atoms with E-state index in [4.69, 9.17) is 11.6 Å². The van der Waals surface area contributed by atoms with Crippen molar-refractivity contribution in [3.05, 3.63) is 0 Å². The summed E-state index contributed by atoms with van der Waals surface area (Å²) in [7, 11) is 4.08. The maximum atomic E-state index is 12.1. The maximum Gasteiger partial charge on any atom is 0.229 e. The van der Waals surface area contributed by atoms with Crippen molar-refractivity contribution < 1.29 is 4.79 Å². The fraction of sp³-hybridized carbons (Fsp3) is 0.917. The number of amides is 1. The molecule has 3 nitrogen and oxygen atoms in total. The van der Waals surface area contributed by atoms with E-state index in [0.717, 1.165) is 26.1 Å². The molecule has 0 spiro atoms. The lowest BCUT2D eigenvalue weighted by Gasteiger charge is -2.30. The van der Waals surface area contributed by atoms with Gasteiger partial charge >= 0.3 is 0 Å². The first kappa shape index (κ1) is 15.7. The highest BCUT2D eigenvalue weighted by Crippen LogP contribution is 2.20. The van der Waals surface area contributed by atoms with E-state index >= 15 is 0 Å². The summed E-state index contributed by atoms with van der Waals surface area (Å²) in [6.07, 6.45) is 1.00. The normalized spacial score (nSPS) is 11.9. The number of carbonyl (C=O) groups is 1. The lowest BCUT2D eigenvalue weighted by molar-refractivity contribution is -0.139. The molecular formula is C12H25ClN2O. The van der Waals surface area contributed by atoms with E-state index < -0.39 is 5.41 Å². The molecule has 0 aliphatic heterocycles. The Kier molecular flexibility index (Phi) is 7.00. The lowest BCUT2D eigenvalue weighted by atomic mass is 9.94. The number of carbonyl (C=O) groups excluding carboxylic acids is 1.